The molecule has 2 nitrogen and oxygen atoms in total. The first-order valence-corrected chi connectivity index (χ1v) is 10.1. The molecule has 0 saturated carbocycles. The van der Waals surface area contributed by atoms with E-state index >= 15 is 0 Å². The maximum absolute atomic E-state index is 13.0. The van der Waals surface area contributed by atoms with Crippen molar-refractivity contribution in [1.82, 2.24) is 4.57 Å². The SMILES string of the molecule is Cc1c(-c2ccc3ccccc3c2)n(-c2ccccc2)c(-c2ccccc2)cc1=O. The smallest absolute Gasteiger partial charge is 0.185 e. The first kappa shape index (κ1) is 18.1. The van der Waals surface area contributed by atoms with Crippen molar-refractivity contribution in [1.29, 1.82) is 0 Å². The van der Waals surface area contributed by atoms with Crippen molar-refractivity contribution in [2.24, 2.45) is 0 Å². The molecule has 0 aliphatic heterocycles. The normalized spacial score (nSPS) is 11.0. The van der Waals surface area contributed by atoms with Crippen molar-refractivity contribution in [2.75, 3.05) is 0 Å². The van der Waals surface area contributed by atoms with Crippen LogP contribution in [0.3, 0.4) is 0 Å². The lowest BCUT2D eigenvalue weighted by atomic mass is 9.99. The van der Waals surface area contributed by atoms with E-state index in [1.807, 2.05) is 67.6 Å². The van der Waals surface area contributed by atoms with Gasteiger partial charge in [0.25, 0.3) is 0 Å². The highest BCUT2D eigenvalue weighted by Crippen LogP contribution is 2.32. The molecule has 0 atom stereocenters. The van der Waals surface area contributed by atoms with Crippen molar-refractivity contribution in [2.45, 2.75) is 6.92 Å². The Kier molecular flexibility index (Phi) is 4.53. The Hall–Kier alpha value is -3.91. The van der Waals surface area contributed by atoms with Crippen LogP contribution in [-0.4, -0.2) is 4.57 Å². The number of hydrogen-bond acceptors (Lipinski definition) is 1. The molecule has 1 aromatic heterocycles. The van der Waals surface area contributed by atoms with E-state index in [1.54, 1.807) is 6.07 Å². The second kappa shape index (κ2) is 7.49. The molecule has 4 aromatic carbocycles. The fraction of sp³-hybridized carbons (Fsp3) is 0.0357. The monoisotopic (exact) mass is 387 g/mol. The summed E-state index contributed by atoms with van der Waals surface area (Å²) in [6.07, 6.45) is 0. The Labute approximate surface area is 175 Å². The van der Waals surface area contributed by atoms with E-state index in [2.05, 4.69) is 47.0 Å². The number of aromatic nitrogens is 1. The molecule has 0 fully saturated rings. The van der Waals surface area contributed by atoms with Crippen LogP contribution in [0.1, 0.15) is 5.56 Å². The van der Waals surface area contributed by atoms with Gasteiger partial charge in [0, 0.05) is 17.3 Å². The molecule has 2 heteroatoms. The van der Waals surface area contributed by atoms with Gasteiger partial charge in [0.2, 0.25) is 0 Å². The number of para-hydroxylation sites is 1. The van der Waals surface area contributed by atoms with E-state index in [1.165, 1.54) is 5.39 Å². The molecule has 1 heterocycles. The van der Waals surface area contributed by atoms with Crippen LogP contribution in [0.25, 0.3) is 39.0 Å². The van der Waals surface area contributed by atoms with E-state index in [9.17, 15) is 4.79 Å². The first-order valence-electron chi connectivity index (χ1n) is 10.1. The summed E-state index contributed by atoms with van der Waals surface area (Å²) in [4.78, 5) is 13.0. The lowest BCUT2D eigenvalue weighted by Gasteiger charge is -2.21. The summed E-state index contributed by atoms with van der Waals surface area (Å²) in [5.74, 6) is 0. The van der Waals surface area contributed by atoms with Gasteiger partial charge in [-0.05, 0) is 47.0 Å². The second-order valence-electron chi connectivity index (χ2n) is 7.47. The highest BCUT2D eigenvalue weighted by Gasteiger charge is 2.17. The van der Waals surface area contributed by atoms with E-state index in [0.29, 0.717) is 0 Å². The molecule has 0 bridgehead atoms. The predicted molar refractivity (Wildman–Crippen MR) is 125 cm³/mol. The van der Waals surface area contributed by atoms with Crippen LogP contribution in [0.2, 0.25) is 0 Å². The molecule has 0 spiro atoms. The molecule has 30 heavy (non-hydrogen) atoms. The van der Waals surface area contributed by atoms with E-state index in [4.69, 9.17) is 0 Å². The summed E-state index contributed by atoms with van der Waals surface area (Å²) < 4.78 is 2.20. The summed E-state index contributed by atoms with van der Waals surface area (Å²) in [6, 6.07) is 36.8. The Bertz CT molecular complexity index is 1400. The van der Waals surface area contributed by atoms with Crippen molar-refractivity contribution >= 4 is 10.8 Å². The topological polar surface area (TPSA) is 22.0 Å². The van der Waals surface area contributed by atoms with Gasteiger partial charge in [-0.3, -0.25) is 4.79 Å². The number of nitrogens with zero attached hydrogens (tertiary/aromatic N) is 1. The van der Waals surface area contributed by atoms with E-state index in [-0.39, 0.29) is 5.43 Å². The Morgan fingerprint density at radius 2 is 1.23 bits per heavy atom. The van der Waals surface area contributed by atoms with Crippen LogP contribution in [0, 0.1) is 6.92 Å². The molecule has 0 aliphatic rings. The van der Waals surface area contributed by atoms with Crippen molar-refractivity contribution < 1.29 is 0 Å². The lowest BCUT2D eigenvalue weighted by Crippen LogP contribution is -2.15. The molecule has 5 rings (SSSR count). The molecule has 0 amide bonds. The summed E-state index contributed by atoms with van der Waals surface area (Å²) in [5.41, 5.74) is 5.69. The minimum absolute atomic E-state index is 0.0455. The number of pyridine rings is 1. The van der Waals surface area contributed by atoms with E-state index < -0.39 is 0 Å². The van der Waals surface area contributed by atoms with Gasteiger partial charge in [0.1, 0.15) is 0 Å². The standard InChI is InChI=1S/C28H21NO/c1-20-27(30)19-26(22-11-4-2-5-12-22)29(25-14-6-3-7-15-25)28(20)24-17-16-21-10-8-9-13-23(21)18-24/h2-19H,1H3. The van der Waals surface area contributed by atoms with Crippen LogP contribution in [0.4, 0.5) is 0 Å². The van der Waals surface area contributed by atoms with Gasteiger partial charge in [-0.1, -0.05) is 84.9 Å². The molecule has 0 N–H and O–H groups in total. The summed E-state index contributed by atoms with van der Waals surface area (Å²) >= 11 is 0. The summed E-state index contributed by atoms with van der Waals surface area (Å²) in [6.45, 7) is 1.92. The molecular formula is C28H21NO. The fourth-order valence-corrected chi connectivity index (χ4v) is 4.05. The molecule has 5 aromatic rings. The molecule has 0 unspecified atom stereocenters. The quantitative estimate of drug-likeness (QED) is 0.340. The summed E-state index contributed by atoms with van der Waals surface area (Å²) in [5, 5.41) is 2.35. The minimum atomic E-state index is 0.0455. The highest BCUT2D eigenvalue weighted by atomic mass is 16.1. The van der Waals surface area contributed by atoms with Crippen LogP contribution < -0.4 is 5.43 Å². The van der Waals surface area contributed by atoms with Gasteiger partial charge in [-0.15, -0.1) is 0 Å². The predicted octanol–water partition coefficient (Wildman–Crippen LogP) is 6.63. The molecule has 0 radical (unpaired) electrons. The maximum Gasteiger partial charge on any atom is 0.185 e. The van der Waals surface area contributed by atoms with Crippen LogP contribution in [0.15, 0.2) is 114 Å². The number of hydrogen-bond donors (Lipinski definition) is 0. The molecule has 0 saturated heterocycles. The van der Waals surface area contributed by atoms with Crippen LogP contribution >= 0.6 is 0 Å². The third kappa shape index (κ3) is 3.13. The average molecular weight is 387 g/mol. The van der Waals surface area contributed by atoms with Gasteiger partial charge in [-0.25, -0.2) is 0 Å². The third-order valence-electron chi connectivity index (χ3n) is 5.56. The van der Waals surface area contributed by atoms with Crippen LogP contribution in [0.5, 0.6) is 0 Å². The lowest BCUT2D eigenvalue weighted by molar-refractivity contribution is 1.04. The van der Waals surface area contributed by atoms with Crippen molar-refractivity contribution in [3.8, 4) is 28.2 Å². The molecule has 144 valence electrons. The Morgan fingerprint density at radius 3 is 1.97 bits per heavy atom. The molecule has 0 aliphatic carbocycles. The number of benzene rings is 4. The van der Waals surface area contributed by atoms with Gasteiger partial charge in [-0.2, -0.15) is 0 Å². The number of fused-ring (bicyclic) bond motifs is 1. The Morgan fingerprint density at radius 1 is 0.600 bits per heavy atom. The molecular weight excluding hydrogens is 366 g/mol. The second-order valence-corrected chi connectivity index (χ2v) is 7.47. The fourth-order valence-electron chi connectivity index (χ4n) is 4.05. The third-order valence-corrected chi connectivity index (χ3v) is 5.56. The van der Waals surface area contributed by atoms with Gasteiger partial charge < -0.3 is 4.57 Å². The van der Waals surface area contributed by atoms with Gasteiger partial charge >= 0.3 is 0 Å². The average Bonchev–Trinajstić information content (AvgIpc) is 2.81. The zero-order chi connectivity index (χ0) is 20.5. The van der Waals surface area contributed by atoms with Gasteiger partial charge in [0.15, 0.2) is 5.43 Å². The minimum Gasteiger partial charge on any atom is -0.309 e. The zero-order valence-electron chi connectivity index (χ0n) is 16.7. The van der Waals surface area contributed by atoms with Crippen molar-refractivity contribution in [3.63, 3.8) is 0 Å². The first-order chi connectivity index (χ1) is 14.7. The van der Waals surface area contributed by atoms with E-state index in [0.717, 1.165) is 39.2 Å². The summed E-state index contributed by atoms with van der Waals surface area (Å²) in [7, 11) is 0. The maximum atomic E-state index is 13.0. The Balaban J connectivity index is 1.90. The number of rotatable bonds is 3. The largest absolute Gasteiger partial charge is 0.309 e. The van der Waals surface area contributed by atoms with Crippen LogP contribution in [-0.2, 0) is 0 Å². The highest BCUT2D eigenvalue weighted by molar-refractivity contribution is 5.88. The van der Waals surface area contributed by atoms with Gasteiger partial charge in [0.05, 0.1) is 11.4 Å². The zero-order valence-corrected chi connectivity index (χ0v) is 16.7. The van der Waals surface area contributed by atoms with Crippen molar-refractivity contribution in [3.05, 3.63) is 125 Å².